The molecule has 2 N–H and O–H groups in total. The van der Waals surface area contributed by atoms with Crippen molar-refractivity contribution < 1.29 is 5.11 Å². The normalized spacial score (nSPS) is 17.1. The summed E-state index contributed by atoms with van der Waals surface area (Å²) in [6.07, 6.45) is 26.5. The number of nitrogens with zero attached hydrogens (tertiary/aromatic N) is 1. The first-order valence-electron chi connectivity index (χ1n) is 10.3. The van der Waals surface area contributed by atoms with Crippen LogP contribution >= 0.6 is 0 Å². The van der Waals surface area contributed by atoms with Gasteiger partial charge in [0.15, 0.2) is 0 Å². The monoisotopic (exact) mass is 336 g/mol. The summed E-state index contributed by atoms with van der Waals surface area (Å²) in [6.45, 7) is 3.24. The molecule has 0 aromatic rings. The van der Waals surface area contributed by atoms with Gasteiger partial charge < -0.3 is 15.3 Å². The Bertz CT molecular complexity index is 328. The number of hydrogen-bond donors (Lipinski definition) is 2. The quantitative estimate of drug-likeness (QED) is 0.295. The molecule has 1 atom stereocenters. The van der Waals surface area contributed by atoms with Crippen molar-refractivity contribution in [3.8, 4) is 0 Å². The molecule has 0 aromatic carbocycles. The summed E-state index contributed by atoms with van der Waals surface area (Å²) in [5, 5.41) is 12.4. The Kier molecular flexibility index (Phi) is 13.7. The van der Waals surface area contributed by atoms with Gasteiger partial charge >= 0.3 is 0 Å². The van der Waals surface area contributed by atoms with Crippen LogP contribution in [0.15, 0.2) is 24.6 Å². The highest BCUT2D eigenvalue weighted by Gasteiger charge is 2.16. The molecular weight excluding hydrogens is 296 g/mol. The van der Waals surface area contributed by atoms with Crippen LogP contribution in [-0.4, -0.2) is 29.3 Å². The third-order valence-electron chi connectivity index (χ3n) is 4.80. The highest BCUT2D eigenvalue weighted by atomic mass is 16.3. The molecule has 0 aliphatic carbocycles. The average Bonchev–Trinajstić information content (AvgIpc) is 3.03. The van der Waals surface area contributed by atoms with E-state index in [9.17, 15) is 0 Å². The SMILES string of the molecule is CCCCCC/C=C/CCCCCCCCC1NC=CN1CCO. The molecule has 1 heterocycles. The van der Waals surface area contributed by atoms with E-state index in [0.29, 0.717) is 6.17 Å². The van der Waals surface area contributed by atoms with Gasteiger partial charge in [0.1, 0.15) is 0 Å². The molecule has 140 valence electrons. The van der Waals surface area contributed by atoms with Crippen LogP contribution in [0.3, 0.4) is 0 Å². The molecule has 0 amide bonds. The zero-order valence-electron chi connectivity index (χ0n) is 15.9. The van der Waals surface area contributed by atoms with E-state index >= 15 is 0 Å². The number of β-amino-alcohol motifs (C(OH)–C–C–N with tert-alkyl or cyclic N) is 1. The Labute approximate surface area is 150 Å². The standard InChI is InChI=1S/C21H40N2O/c1-2-3-4-5-6-7-8-9-10-11-12-13-14-15-16-21-22-17-18-23(21)19-20-24/h7-8,17-18,21-22,24H,2-6,9-16,19-20H2,1H3/b8-7+. The number of rotatable bonds is 16. The van der Waals surface area contributed by atoms with E-state index in [4.69, 9.17) is 5.11 Å². The zero-order valence-corrected chi connectivity index (χ0v) is 15.9. The number of aliphatic hydroxyl groups is 1. The molecule has 3 nitrogen and oxygen atoms in total. The van der Waals surface area contributed by atoms with Crippen molar-refractivity contribution in [1.82, 2.24) is 10.2 Å². The lowest BCUT2D eigenvalue weighted by Gasteiger charge is -2.24. The van der Waals surface area contributed by atoms with Crippen LogP contribution in [-0.2, 0) is 0 Å². The summed E-state index contributed by atoms with van der Waals surface area (Å²) >= 11 is 0. The molecule has 0 aromatic heterocycles. The van der Waals surface area contributed by atoms with Crippen LogP contribution in [0.5, 0.6) is 0 Å². The molecule has 0 spiro atoms. The molecular formula is C21H40N2O. The number of hydrogen-bond acceptors (Lipinski definition) is 3. The topological polar surface area (TPSA) is 35.5 Å². The van der Waals surface area contributed by atoms with Crippen LogP contribution < -0.4 is 5.32 Å². The molecule has 1 aliphatic heterocycles. The van der Waals surface area contributed by atoms with E-state index in [1.54, 1.807) is 0 Å². The second-order valence-corrected chi connectivity index (χ2v) is 6.98. The van der Waals surface area contributed by atoms with Gasteiger partial charge in [0.25, 0.3) is 0 Å². The van der Waals surface area contributed by atoms with Crippen LogP contribution in [0.4, 0.5) is 0 Å². The largest absolute Gasteiger partial charge is 0.395 e. The van der Waals surface area contributed by atoms with Crippen molar-refractivity contribution in [3.63, 3.8) is 0 Å². The molecule has 1 unspecified atom stereocenters. The summed E-state index contributed by atoms with van der Waals surface area (Å²) in [4.78, 5) is 2.20. The molecule has 1 rings (SSSR count). The lowest BCUT2D eigenvalue weighted by Crippen LogP contribution is -2.36. The first-order valence-corrected chi connectivity index (χ1v) is 10.3. The van der Waals surface area contributed by atoms with Crippen molar-refractivity contribution in [1.29, 1.82) is 0 Å². The summed E-state index contributed by atoms with van der Waals surface area (Å²) in [6, 6.07) is 0. The molecule has 1 aliphatic rings. The Balaban J connectivity index is 1.81. The van der Waals surface area contributed by atoms with Gasteiger partial charge in [-0.2, -0.15) is 0 Å². The highest BCUT2D eigenvalue weighted by Crippen LogP contribution is 2.14. The van der Waals surface area contributed by atoms with Gasteiger partial charge in [0.05, 0.1) is 12.8 Å². The lowest BCUT2D eigenvalue weighted by atomic mass is 10.1. The Morgan fingerprint density at radius 2 is 1.54 bits per heavy atom. The number of unbranched alkanes of at least 4 members (excludes halogenated alkanes) is 10. The van der Waals surface area contributed by atoms with Crippen LogP contribution in [0.1, 0.15) is 90.4 Å². The number of allylic oxidation sites excluding steroid dienone is 2. The maximum atomic E-state index is 9.03. The van der Waals surface area contributed by atoms with E-state index in [0.717, 1.165) is 6.54 Å². The number of aliphatic hydroxyl groups excluding tert-OH is 1. The summed E-state index contributed by atoms with van der Waals surface area (Å²) in [5.74, 6) is 0. The second-order valence-electron chi connectivity index (χ2n) is 6.98. The van der Waals surface area contributed by atoms with E-state index in [-0.39, 0.29) is 6.61 Å². The fourth-order valence-electron chi connectivity index (χ4n) is 3.28. The molecule has 0 bridgehead atoms. The third-order valence-corrected chi connectivity index (χ3v) is 4.80. The predicted octanol–water partition coefficient (Wildman–Crippen LogP) is 5.33. The molecule has 0 saturated carbocycles. The fraction of sp³-hybridized carbons (Fsp3) is 0.810. The van der Waals surface area contributed by atoms with Gasteiger partial charge in [-0.1, -0.05) is 64.0 Å². The minimum Gasteiger partial charge on any atom is -0.395 e. The Morgan fingerprint density at radius 1 is 0.917 bits per heavy atom. The summed E-state index contributed by atoms with van der Waals surface area (Å²) in [7, 11) is 0. The Hall–Kier alpha value is -0.960. The van der Waals surface area contributed by atoms with E-state index in [1.807, 2.05) is 6.20 Å². The fourth-order valence-corrected chi connectivity index (χ4v) is 3.28. The molecule has 3 heteroatoms. The van der Waals surface area contributed by atoms with Gasteiger partial charge in [-0.3, -0.25) is 0 Å². The van der Waals surface area contributed by atoms with Gasteiger partial charge in [-0.25, -0.2) is 0 Å². The first kappa shape index (κ1) is 21.1. The summed E-state index contributed by atoms with van der Waals surface area (Å²) in [5.41, 5.74) is 0. The van der Waals surface area contributed by atoms with Crippen molar-refractivity contribution >= 4 is 0 Å². The van der Waals surface area contributed by atoms with Crippen molar-refractivity contribution in [2.45, 2.75) is 96.6 Å². The second kappa shape index (κ2) is 15.6. The Morgan fingerprint density at radius 3 is 2.21 bits per heavy atom. The van der Waals surface area contributed by atoms with Crippen molar-refractivity contribution in [2.75, 3.05) is 13.2 Å². The van der Waals surface area contributed by atoms with E-state index in [1.165, 1.54) is 83.5 Å². The van der Waals surface area contributed by atoms with Crippen molar-refractivity contribution in [3.05, 3.63) is 24.6 Å². The maximum Gasteiger partial charge on any atom is 0.0982 e. The molecule has 0 saturated heterocycles. The predicted molar refractivity (Wildman–Crippen MR) is 105 cm³/mol. The zero-order chi connectivity index (χ0) is 17.3. The van der Waals surface area contributed by atoms with Gasteiger partial charge in [0.2, 0.25) is 0 Å². The minimum atomic E-state index is 0.232. The lowest BCUT2D eigenvalue weighted by molar-refractivity contribution is 0.194. The molecule has 0 fully saturated rings. The van der Waals surface area contributed by atoms with E-state index in [2.05, 4.69) is 35.5 Å². The van der Waals surface area contributed by atoms with Crippen molar-refractivity contribution in [2.24, 2.45) is 0 Å². The molecule has 24 heavy (non-hydrogen) atoms. The van der Waals surface area contributed by atoms with Gasteiger partial charge in [-0.15, -0.1) is 0 Å². The van der Waals surface area contributed by atoms with Gasteiger partial charge in [0, 0.05) is 18.9 Å². The van der Waals surface area contributed by atoms with Crippen LogP contribution in [0.2, 0.25) is 0 Å². The first-order chi connectivity index (χ1) is 11.9. The highest BCUT2D eigenvalue weighted by molar-refractivity contribution is 4.93. The average molecular weight is 337 g/mol. The smallest absolute Gasteiger partial charge is 0.0982 e. The minimum absolute atomic E-state index is 0.232. The van der Waals surface area contributed by atoms with Crippen LogP contribution in [0.25, 0.3) is 0 Å². The van der Waals surface area contributed by atoms with Gasteiger partial charge in [-0.05, 0) is 38.5 Å². The summed E-state index contributed by atoms with van der Waals surface area (Å²) < 4.78 is 0. The van der Waals surface area contributed by atoms with E-state index < -0.39 is 0 Å². The number of nitrogens with one attached hydrogen (secondary N) is 1. The molecule has 0 radical (unpaired) electrons. The maximum absolute atomic E-state index is 9.03. The third kappa shape index (κ3) is 10.7. The van der Waals surface area contributed by atoms with Crippen LogP contribution in [0, 0.1) is 0 Å².